The first-order chi connectivity index (χ1) is 16.0. The van der Waals surface area contributed by atoms with E-state index in [2.05, 4.69) is 6.58 Å². The molecule has 1 N–H and O–H groups in total. The van der Waals surface area contributed by atoms with Crippen molar-refractivity contribution in [3.63, 3.8) is 0 Å². The molecule has 2 aromatic rings. The smallest absolute Gasteiger partial charge is 0.416 e. The number of thioether (sulfide) groups is 1. The van der Waals surface area contributed by atoms with E-state index >= 15 is 0 Å². The molecule has 2 amide bonds. The van der Waals surface area contributed by atoms with Gasteiger partial charge in [0.05, 0.1) is 18.4 Å². The van der Waals surface area contributed by atoms with Gasteiger partial charge in [0.2, 0.25) is 0 Å². The average molecular weight is 489 g/mol. The Morgan fingerprint density at radius 3 is 2.85 bits per heavy atom. The molecule has 0 fully saturated rings. The van der Waals surface area contributed by atoms with Gasteiger partial charge >= 0.3 is 6.09 Å². The number of hydrogen-bond donors (Lipinski definition) is 1. The Morgan fingerprint density at radius 2 is 2.18 bits per heavy atom. The molecule has 10 heteroatoms. The third-order valence-electron chi connectivity index (χ3n) is 5.40. The largest absolute Gasteiger partial charge is 0.504 e. The number of fused-ring (bicyclic) bond motifs is 2. The number of thiophene rings is 1. The van der Waals surface area contributed by atoms with Gasteiger partial charge in [0.25, 0.3) is 5.91 Å². The van der Waals surface area contributed by atoms with Crippen LogP contribution >= 0.6 is 23.1 Å². The zero-order valence-electron chi connectivity index (χ0n) is 18.2. The second kappa shape index (κ2) is 9.90. The van der Waals surface area contributed by atoms with Crippen molar-refractivity contribution in [1.82, 2.24) is 4.90 Å². The van der Waals surface area contributed by atoms with Crippen molar-refractivity contribution in [1.29, 1.82) is 0 Å². The molecule has 0 bridgehead atoms. The first-order valence-corrected chi connectivity index (χ1v) is 12.1. The fourth-order valence-corrected chi connectivity index (χ4v) is 6.08. The van der Waals surface area contributed by atoms with Gasteiger partial charge in [0.15, 0.2) is 17.7 Å². The minimum absolute atomic E-state index is 0.0111. The molecule has 2 aliphatic rings. The SMILES string of the molecule is C=CCOC(=O)N1c2cc(O)c(OC)cc2C(=O)N2CC=C(c3cccs3)CS[C@@H]2C1OC. The Labute approximate surface area is 200 Å². The van der Waals surface area contributed by atoms with Crippen LogP contribution in [-0.2, 0) is 9.47 Å². The van der Waals surface area contributed by atoms with Crippen LogP contribution in [-0.4, -0.2) is 66.7 Å². The fourth-order valence-electron chi connectivity index (χ4n) is 3.84. The van der Waals surface area contributed by atoms with Crippen LogP contribution in [0.5, 0.6) is 11.5 Å². The minimum atomic E-state index is -0.860. The summed E-state index contributed by atoms with van der Waals surface area (Å²) in [6.07, 6.45) is 1.92. The van der Waals surface area contributed by atoms with Gasteiger partial charge in [-0.3, -0.25) is 4.79 Å². The van der Waals surface area contributed by atoms with E-state index in [1.807, 2.05) is 23.6 Å². The zero-order valence-corrected chi connectivity index (χ0v) is 19.9. The summed E-state index contributed by atoms with van der Waals surface area (Å²) in [7, 11) is 2.88. The highest BCUT2D eigenvalue weighted by Crippen LogP contribution is 2.42. The molecular weight excluding hydrogens is 464 g/mol. The number of rotatable bonds is 5. The molecule has 0 spiro atoms. The highest BCUT2D eigenvalue weighted by molar-refractivity contribution is 8.00. The maximum Gasteiger partial charge on any atom is 0.416 e. The van der Waals surface area contributed by atoms with Crippen LogP contribution in [0.4, 0.5) is 10.5 Å². The lowest BCUT2D eigenvalue weighted by Crippen LogP contribution is -2.52. The lowest BCUT2D eigenvalue weighted by molar-refractivity contribution is 0.0424. The molecule has 2 atom stereocenters. The minimum Gasteiger partial charge on any atom is -0.504 e. The van der Waals surface area contributed by atoms with Gasteiger partial charge in [0.1, 0.15) is 12.0 Å². The number of methoxy groups -OCH3 is 2. The van der Waals surface area contributed by atoms with E-state index in [0.717, 1.165) is 10.5 Å². The summed E-state index contributed by atoms with van der Waals surface area (Å²) in [5, 5.41) is 11.9. The average Bonchev–Trinajstić information content (AvgIpc) is 3.24. The second-order valence-corrected chi connectivity index (χ2v) is 9.32. The van der Waals surface area contributed by atoms with Gasteiger partial charge in [-0.25, -0.2) is 9.69 Å². The van der Waals surface area contributed by atoms with Gasteiger partial charge in [-0.05, 0) is 23.1 Å². The van der Waals surface area contributed by atoms with Crippen molar-refractivity contribution in [2.45, 2.75) is 11.6 Å². The predicted molar refractivity (Wildman–Crippen MR) is 129 cm³/mol. The van der Waals surface area contributed by atoms with E-state index in [9.17, 15) is 14.7 Å². The van der Waals surface area contributed by atoms with Crippen molar-refractivity contribution in [3.05, 3.63) is 58.8 Å². The Kier molecular flexibility index (Phi) is 6.96. The number of anilines is 1. The van der Waals surface area contributed by atoms with Crippen LogP contribution in [0.3, 0.4) is 0 Å². The number of amides is 2. The van der Waals surface area contributed by atoms with Gasteiger partial charge in [0, 0.05) is 30.4 Å². The number of aromatic hydroxyl groups is 1. The molecule has 8 nitrogen and oxygen atoms in total. The Morgan fingerprint density at radius 1 is 1.36 bits per heavy atom. The summed E-state index contributed by atoms with van der Waals surface area (Å²) in [5.74, 6) is 0.261. The molecule has 1 aromatic heterocycles. The van der Waals surface area contributed by atoms with Crippen LogP contribution in [0, 0.1) is 0 Å². The molecule has 0 radical (unpaired) electrons. The van der Waals surface area contributed by atoms with E-state index in [1.54, 1.807) is 16.2 Å². The van der Waals surface area contributed by atoms with E-state index < -0.39 is 17.7 Å². The van der Waals surface area contributed by atoms with Crippen molar-refractivity contribution < 1.29 is 28.9 Å². The van der Waals surface area contributed by atoms with E-state index in [0.29, 0.717) is 12.3 Å². The number of carbonyl (C=O) groups excluding carboxylic acids is 2. The number of nitrogens with zero attached hydrogens (tertiary/aromatic N) is 2. The lowest BCUT2D eigenvalue weighted by atomic mass is 10.1. The third kappa shape index (κ3) is 4.33. The molecule has 1 aromatic carbocycles. The molecule has 0 saturated heterocycles. The first kappa shape index (κ1) is 23.2. The third-order valence-corrected chi connectivity index (χ3v) is 7.65. The highest BCUT2D eigenvalue weighted by atomic mass is 32.2. The summed E-state index contributed by atoms with van der Waals surface area (Å²) < 4.78 is 16.3. The van der Waals surface area contributed by atoms with Crippen LogP contribution in [0.2, 0.25) is 0 Å². The van der Waals surface area contributed by atoms with Gasteiger partial charge in [-0.2, -0.15) is 0 Å². The Hall–Kier alpha value is -2.95. The maximum atomic E-state index is 13.7. The quantitative estimate of drug-likeness (QED) is 0.632. The topological polar surface area (TPSA) is 88.5 Å². The Balaban J connectivity index is 1.83. The molecular formula is C23H24N2O6S2. The van der Waals surface area contributed by atoms with Crippen LogP contribution in [0.25, 0.3) is 5.57 Å². The molecule has 0 saturated carbocycles. The number of hydrogen-bond acceptors (Lipinski definition) is 8. The van der Waals surface area contributed by atoms with Gasteiger partial charge < -0.3 is 24.2 Å². The summed E-state index contributed by atoms with van der Waals surface area (Å²) in [4.78, 5) is 31.0. The summed E-state index contributed by atoms with van der Waals surface area (Å²) >= 11 is 3.15. The van der Waals surface area contributed by atoms with Crippen molar-refractivity contribution in [2.24, 2.45) is 0 Å². The number of carbonyl (C=O) groups is 2. The maximum absolute atomic E-state index is 13.7. The molecule has 3 heterocycles. The predicted octanol–water partition coefficient (Wildman–Crippen LogP) is 4.18. The fraction of sp³-hybridized carbons (Fsp3) is 0.304. The summed E-state index contributed by atoms with van der Waals surface area (Å²) in [6.45, 7) is 3.91. The number of phenols is 1. The normalized spacial score (nSPS) is 20.2. The molecule has 33 heavy (non-hydrogen) atoms. The number of benzene rings is 1. The summed E-state index contributed by atoms with van der Waals surface area (Å²) in [5.41, 5.74) is 1.52. The first-order valence-electron chi connectivity index (χ1n) is 10.2. The lowest BCUT2D eigenvalue weighted by Gasteiger charge is -2.36. The van der Waals surface area contributed by atoms with Crippen molar-refractivity contribution in [2.75, 3.05) is 38.0 Å². The van der Waals surface area contributed by atoms with E-state index in [4.69, 9.17) is 14.2 Å². The van der Waals surface area contributed by atoms with Gasteiger partial charge in [-0.15, -0.1) is 23.1 Å². The van der Waals surface area contributed by atoms with Crippen molar-refractivity contribution >= 4 is 46.4 Å². The standard InChI is InChI=1S/C23H24N2O6S2/c1-4-9-31-23(28)25-16-12-17(26)18(29-2)11-15(16)20(27)24-8-7-14(19-6-5-10-32-19)13-33-22(24)21(25)30-3/h4-7,10-12,21-22,26H,1,8-9,13H2,2-3H3/t21?,22-/m1/s1. The van der Waals surface area contributed by atoms with E-state index in [1.165, 1.54) is 49.1 Å². The number of ether oxygens (including phenoxy) is 3. The van der Waals surface area contributed by atoms with Gasteiger partial charge in [-0.1, -0.05) is 24.8 Å². The monoisotopic (exact) mass is 488 g/mol. The molecule has 174 valence electrons. The van der Waals surface area contributed by atoms with E-state index in [-0.39, 0.29) is 35.3 Å². The molecule has 0 aliphatic carbocycles. The van der Waals surface area contributed by atoms with Crippen LogP contribution < -0.4 is 9.64 Å². The van der Waals surface area contributed by atoms with Crippen molar-refractivity contribution in [3.8, 4) is 11.5 Å². The Bertz CT molecular complexity index is 1080. The zero-order chi connectivity index (χ0) is 23.5. The summed E-state index contributed by atoms with van der Waals surface area (Å²) in [6, 6.07) is 6.81. The second-order valence-electron chi connectivity index (χ2n) is 7.27. The highest BCUT2D eigenvalue weighted by Gasteiger charge is 2.45. The number of phenolic OH excluding ortho intramolecular Hbond substituents is 1. The molecule has 2 aliphatic heterocycles. The molecule has 1 unspecified atom stereocenters. The van der Waals surface area contributed by atoms with Crippen LogP contribution in [0.1, 0.15) is 15.2 Å². The van der Waals surface area contributed by atoms with Crippen LogP contribution in [0.15, 0.2) is 48.4 Å². The molecule has 4 rings (SSSR count).